The van der Waals surface area contributed by atoms with Crippen LogP contribution in [-0.2, 0) is 13.0 Å². The number of thiophene rings is 1. The lowest BCUT2D eigenvalue weighted by Crippen LogP contribution is -2.00. The fourth-order valence-electron chi connectivity index (χ4n) is 1.79. The second kappa shape index (κ2) is 5.69. The minimum Gasteiger partial charge on any atom is -0.380 e. The number of hydrogen-bond acceptors (Lipinski definition) is 2. The smallest absolute Gasteiger partial charge is 0.0494 e. The first kappa shape index (κ1) is 12.7. The van der Waals surface area contributed by atoms with Crippen LogP contribution in [0.4, 0.5) is 5.69 Å². The third-order valence-corrected chi connectivity index (χ3v) is 4.90. The molecule has 17 heavy (non-hydrogen) atoms. The molecule has 2 rings (SSSR count). The average molecular weight is 310 g/mol. The zero-order chi connectivity index (χ0) is 12.3. The van der Waals surface area contributed by atoms with E-state index >= 15 is 0 Å². The van der Waals surface area contributed by atoms with Crippen LogP contribution < -0.4 is 5.32 Å². The van der Waals surface area contributed by atoms with Crippen LogP contribution in [-0.4, -0.2) is 0 Å². The van der Waals surface area contributed by atoms with Crippen LogP contribution in [0.25, 0.3) is 0 Å². The Morgan fingerprint density at radius 2 is 2.06 bits per heavy atom. The Kier molecular flexibility index (Phi) is 4.24. The van der Waals surface area contributed by atoms with Crippen molar-refractivity contribution >= 4 is 33.0 Å². The van der Waals surface area contributed by atoms with E-state index in [1.165, 1.54) is 25.5 Å². The highest BCUT2D eigenvalue weighted by atomic mass is 79.9. The molecule has 0 saturated heterocycles. The molecule has 0 aliphatic rings. The quantitative estimate of drug-likeness (QED) is 0.838. The molecule has 0 aliphatic heterocycles. The van der Waals surface area contributed by atoms with E-state index in [-0.39, 0.29) is 0 Å². The molecule has 1 aromatic heterocycles. The van der Waals surface area contributed by atoms with E-state index in [9.17, 15) is 0 Å². The minimum atomic E-state index is 0.897. The summed E-state index contributed by atoms with van der Waals surface area (Å²) in [7, 11) is 0. The predicted octanol–water partition coefficient (Wildman–Crippen LogP) is 4.99. The molecule has 2 aromatic rings. The van der Waals surface area contributed by atoms with Crippen molar-refractivity contribution in [3.63, 3.8) is 0 Å². The molecule has 0 fully saturated rings. The van der Waals surface area contributed by atoms with Gasteiger partial charge in [-0.15, -0.1) is 11.3 Å². The molecule has 0 unspecified atom stereocenters. The Labute approximate surface area is 115 Å². The van der Waals surface area contributed by atoms with Gasteiger partial charge in [-0.2, -0.15) is 0 Å². The van der Waals surface area contributed by atoms with Crippen molar-refractivity contribution in [1.82, 2.24) is 0 Å². The summed E-state index contributed by atoms with van der Waals surface area (Å²) >= 11 is 5.39. The van der Waals surface area contributed by atoms with Crippen LogP contribution in [0.5, 0.6) is 0 Å². The Morgan fingerprint density at radius 1 is 1.29 bits per heavy atom. The Hall–Kier alpha value is -0.800. The highest BCUT2D eigenvalue weighted by Gasteiger charge is 2.04. The zero-order valence-corrected chi connectivity index (χ0v) is 12.5. The molecule has 1 aromatic carbocycles. The summed E-state index contributed by atoms with van der Waals surface area (Å²) in [4.78, 5) is 2.70. The normalized spacial score (nSPS) is 10.5. The minimum absolute atomic E-state index is 0.897. The van der Waals surface area contributed by atoms with Gasteiger partial charge in [0, 0.05) is 26.5 Å². The fraction of sp³-hybridized carbons (Fsp3) is 0.286. The maximum absolute atomic E-state index is 3.55. The van der Waals surface area contributed by atoms with E-state index in [0.717, 1.165) is 13.0 Å². The second-order valence-electron chi connectivity index (χ2n) is 3.98. The van der Waals surface area contributed by atoms with E-state index in [1.54, 1.807) is 0 Å². The van der Waals surface area contributed by atoms with Crippen LogP contribution in [0, 0.1) is 6.92 Å². The molecule has 1 nitrogen and oxygen atoms in total. The molecule has 0 saturated carbocycles. The van der Waals surface area contributed by atoms with Gasteiger partial charge >= 0.3 is 0 Å². The molecule has 0 amide bonds. The first-order chi connectivity index (χ1) is 8.20. The van der Waals surface area contributed by atoms with Gasteiger partial charge in [0.2, 0.25) is 0 Å². The van der Waals surface area contributed by atoms with Gasteiger partial charge < -0.3 is 5.32 Å². The molecular formula is C14H16BrNS. The van der Waals surface area contributed by atoms with E-state index in [1.807, 2.05) is 11.3 Å². The standard InChI is InChI=1S/C14H16BrNS/c1-3-11-6-4-5-7-14(11)16-9-12-8-13(15)10(2)17-12/h4-8,16H,3,9H2,1-2H3. The van der Waals surface area contributed by atoms with Crippen LogP contribution in [0.2, 0.25) is 0 Å². The molecular weight excluding hydrogens is 294 g/mol. The summed E-state index contributed by atoms with van der Waals surface area (Å²) < 4.78 is 1.21. The number of benzene rings is 1. The molecule has 1 N–H and O–H groups in total. The van der Waals surface area contributed by atoms with Crippen LogP contribution in [0.1, 0.15) is 22.2 Å². The largest absolute Gasteiger partial charge is 0.380 e. The molecule has 0 aliphatic carbocycles. The summed E-state index contributed by atoms with van der Waals surface area (Å²) in [5, 5.41) is 3.51. The van der Waals surface area contributed by atoms with Crippen molar-refractivity contribution in [2.24, 2.45) is 0 Å². The van der Waals surface area contributed by atoms with E-state index in [2.05, 4.69) is 65.4 Å². The van der Waals surface area contributed by atoms with Gasteiger partial charge in [-0.3, -0.25) is 0 Å². The summed E-state index contributed by atoms with van der Waals surface area (Å²) in [6.45, 7) is 5.22. The summed E-state index contributed by atoms with van der Waals surface area (Å²) in [6, 6.07) is 10.7. The third kappa shape index (κ3) is 3.11. The first-order valence-corrected chi connectivity index (χ1v) is 7.38. The summed E-state index contributed by atoms with van der Waals surface area (Å²) in [5.41, 5.74) is 2.62. The van der Waals surface area contributed by atoms with Gasteiger partial charge in [-0.05, 0) is 47.0 Å². The molecule has 0 bridgehead atoms. The predicted molar refractivity (Wildman–Crippen MR) is 79.9 cm³/mol. The summed E-state index contributed by atoms with van der Waals surface area (Å²) in [6.07, 6.45) is 1.07. The van der Waals surface area contributed by atoms with Crippen LogP contribution >= 0.6 is 27.3 Å². The first-order valence-electron chi connectivity index (χ1n) is 5.77. The van der Waals surface area contributed by atoms with E-state index in [4.69, 9.17) is 0 Å². The average Bonchev–Trinajstić information content (AvgIpc) is 2.66. The molecule has 0 spiro atoms. The second-order valence-corrected chi connectivity index (χ2v) is 6.18. The SMILES string of the molecule is CCc1ccccc1NCc1cc(Br)c(C)s1. The van der Waals surface area contributed by atoms with Crippen molar-refractivity contribution in [2.45, 2.75) is 26.8 Å². The van der Waals surface area contributed by atoms with Crippen molar-refractivity contribution in [3.8, 4) is 0 Å². The van der Waals surface area contributed by atoms with Gasteiger partial charge in [0.05, 0.1) is 0 Å². The number of rotatable bonds is 4. The lowest BCUT2D eigenvalue weighted by atomic mass is 10.1. The molecule has 0 atom stereocenters. The highest BCUT2D eigenvalue weighted by Crippen LogP contribution is 2.27. The fourth-order valence-corrected chi connectivity index (χ4v) is 3.33. The molecule has 90 valence electrons. The molecule has 1 heterocycles. The highest BCUT2D eigenvalue weighted by molar-refractivity contribution is 9.10. The monoisotopic (exact) mass is 309 g/mol. The zero-order valence-electron chi connectivity index (χ0n) is 10.1. The van der Waals surface area contributed by atoms with Gasteiger partial charge in [0.15, 0.2) is 0 Å². The maximum atomic E-state index is 3.55. The van der Waals surface area contributed by atoms with Crippen LogP contribution in [0.3, 0.4) is 0 Å². The number of anilines is 1. The molecule has 3 heteroatoms. The van der Waals surface area contributed by atoms with E-state index in [0.29, 0.717) is 0 Å². The lowest BCUT2D eigenvalue weighted by Gasteiger charge is -2.09. The summed E-state index contributed by atoms with van der Waals surface area (Å²) in [5.74, 6) is 0. The van der Waals surface area contributed by atoms with E-state index < -0.39 is 0 Å². The Morgan fingerprint density at radius 3 is 2.71 bits per heavy atom. The van der Waals surface area contributed by atoms with Gasteiger partial charge in [0.25, 0.3) is 0 Å². The van der Waals surface area contributed by atoms with Crippen molar-refractivity contribution < 1.29 is 0 Å². The van der Waals surface area contributed by atoms with Gasteiger partial charge in [-0.1, -0.05) is 25.1 Å². The number of aryl methyl sites for hydroxylation is 2. The molecule has 0 radical (unpaired) electrons. The third-order valence-electron chi connectivity index (χ3n) is 2.76. The number of halogens is 1. The van der Waals surface area contributed by atoms with Gasteiger partial charge in [-0.25, -0.2) is 0 Å². The number of para-hydroxylation sites is 1. The van der Waals surface area contributed by atoms with Crippen molar-refractivity contribution in [2.75, 3.05) is 5.32 Å². The number of nitrogens with one attached hydrogen (secondary N) is 1. The Balaban J connectivity index is 2.07. The van der Waals surface area contributed by atoms with Crippen LogP contribution in [0.15, 0.2) is 34.8 Å². The topological polar surface area (TPSA) is 12.0 Å². The van der Waals surface area contributed by atoms with Crippen molar-refractivity contribution in [3.05, 3.63) is 50.1 Å². The van der Waals surface area contributed by atoms with Gasteiger partial charge in [0.1, 0.15) is 0 Å². The Bertz CT molecular complexity index is 485. The maximum Gasteiger partial charge on any atom is 0.0494 e. The van der Waals surface area contributed by atoms with Crippen molar-refractivity contribution in [1.29, 1.82) is 0 Å². The lowest BCUT2D eigenvalue weighted by molar-refractivity contribution is 1.11. The number of hydrogen-bond donors (Lipinski definition) is 1.